The molecule has 1 unspecified atom stereocenters. The standard InChI is InChI=1S/C17H15ClN2O/c1-11(12-4-6-13(21)7-5-12)20-16-9-8-15(18)14-3-2-10-19-17(14)16/h2-11,20-21H,1H3. The van der Waals surface area contributed by atoms with E-state index >= 15 is 0 Å². The number of nitrogens with one attached hydrogen (secondary N) is 1. The molecule has 0 fully saturated rings. The molecule has 1 aromatic heterocycles. The zero-order valence-electron chi connectivity index (χ0n) is 11.5. The molecular formula is C17H15ClN2O. The number of benzene rings is 2. The minimum absolute atomic E-state index is 0.0944. The maximum atomic E-state index is 9.35. The van der Waals surface area contributed by atoms with Gasteiger partial charge in [0.15, 0.2) is 0 Å². The molecule has 0 amide bonds. The minimum Gasteiger partial charge on any atom is -0.508 e. The summed E-state index contributed by atoms with van der Waals surface area (Å²) >= 11 is 6.20. The SMILES string of the molecule is CC(Nc1ccc(Cl)c2cccnc12)c1ccc(O)cc1. The number of halogens is 1. The predicted octanol–water partition coefficient (Wildman–Crippen LogP) is 4.77. The Morgan fingerprint density at radius 1 is 1.10 bits per heavy atom. The van der Waals surface area contributed by atoms with Crippen LogP contribution in [0.2, 0.25) is 5.02 Å². The van der Waals surface area contributed by atoms with Crippen molar-refractivity contribution in [2.24, 2.45) is 0 Å². The van der Waals surface area contributed by atoms with Crippen molar-refractivity contribution in [2.75, 3.05) is 5.32 Å². The molecule has 0 aliphatic carbocycles. The molecular weight excluding hydrogens is 284 g/mol. The van der Waals surface area contributed by atoms with Crippen molar-refractivity contribution in [3.8, 4) is 5.75 Å². The second kappa shape index (κ2) is 5.62. The van der Waals surface area contributed by atoms with Crippen LogP contribution in [0.25, 0.3) is 10.9 Å². The number of fused-ring (bicyclic) bond motifs is 1. The van der Waals surface area contributed by atoms with Gasteiger partial charge in [-0.05, 0) is 48.9 Å². The molecule has 1 heterocycles. The number of aromatic nitrogens is 1. The summed E-state index contributed by atoms with van der Waals surface area (Å²) in [5.41, 5.74) is 2.89. The summed E-state index contributed by atoms with van der Waals surface area (Å²) in [4.78, 5) is 4.42. The number of phenolic OH excluding ortho intramolecular Hbond substituents is 1. The van der Waals surface area contributed by atoms with E-state index in [0.29, 0.717) is 5.02 Å². The monoisotopic (exact) mass is 298 g/mol. The largest absolute Gasteiger partial charge is 0.508 e. The maximum Gasteiger partial charge on any atom is 0.115 e. The lowest BCUT2D eigenvalue weighted by Crippen LogP contribution is -2.07. The van der Waals surface area contributed by atoms with E-state index in [1.54, 1.807) is 18.3 Å². The van der Waals surface area contributed by atoms with Crippen LogP contribution in [0.1, 0.15) is 18.5 Å². The van der Waals surface area contributed by atoms with Gasteiger partial charge in [0.2, 0.25) is 0 Å². The molecule has 21 heavy (non-hydrogen) atoms. The molecule has 1 atom stereocenters. The van der Waals surface area contributed by atoms with Crippen LogP contribution in [0.3, 0.4) is 0 Å². The second-order valence-corrected chi connectivity index (χ2v) is 5.36. The van der Waals surface area contributed by atoms with E-state index < -0.39 is 0 Å². The highest BCUT2D eigenvalue weighted by molar-refractivity contribution is 6.35. The Labute approximate surface area is 128 Å². The highest BCUT2D eigenvalue weighted by Crippen LogP contribution is 2.30. The van der Waals surface area contributed by atoms with E-state index in [1.165, 1.54) is 0 Å². The first kappa shape index (κ1) is 13.7. The van der Waals surface area contributed by atoms with Gasteiger partial charge in [-0.3, -0.25) is 4.98 Å². The van der Waals surface area contributed by atoms with Gasteiger partial charge in [0.1, 0.15) is 5.75 Å². The molecule has 0 saturated heterocycles. The number of nitrogens with zero attached hydrogens (tertiary/aromatic N) is 1. The molecule has 0 bridgehead atoms. The van der Waals surface area contributed by atoms with Gasteiger partial charge >= 0.3 is 0 Å². The second-order valence-electron chi connectivity index (χ2n) is 4.95. The van der Waals surface area contributed by atoms with Crippen molar-refractivity contribution in [3.05, 3.63) is 65.3 Å². The highest BCUT2D eigenvalue weighted by atomic mass is 35.5. The Morgan fingerprint density at radius 2 is 1.86 bits per heavy atom. The number of rotatable bonds is 3. The first-order chi connectivity index (χ1) is 10.1. The molecule has 106 valence electrons. The number of aromatic hydroxyl groups is 1. The quantitative estimate of drug-likeness (QED) is 0.732. The normalized spacial score (nSPS) is 12.3. The lowest BCUT2D eigenvalue weighted by Gasteiger charge is -2.17. The van der Waals surface area contributed by atoms with Gasteiger partial charge in [-0.2, -0.15) is 0 Å². The van der Waals surface area contributed by atoms with Crippen LogP contribution in [0, 0.1) is 0 Å². The summed E-state index contributed by atoms with van der Waals surface area (Å²) in [6, 6.07) is 14.9. The number of hydrogen-bond donors (Lipinski definition) is 2. The van der Waals surface area contributed by atoms with Crippen molar-refractivity contribution in [2.45, 2.75) is 13.0 Å². The fourth-order valence-corrected chi connectivity index (χ4v) is 2.55. The predicted molar refractivity (Wildman–Crippen MR) is 86.9 cm³/mol. The third kappa shape index (κ3) is 2.78. The summed E-state index contributed by atoms with van der Waals surface area (Å²) in [7, 11) is 0. The zero-order chi connectivity index (χ0) is 14.8. The summed E-state index contributed by atoms with van der Waals surface area (Å²) in [6.07, 6.45) is 1.76. The lowest BCUT2D eigenvalue weighted by atomic mass is 10.1. The van der Waals surface area contributed by atoms with Crippen LogP contribution in [-0.4, -0.2) is 10.1 Å². The van der Waals surface area contributed by atoms with Gasteiger partial charge in [0, 0.05) is 17.6 Å². The van der Waals surface area contributed by atoms with Gasteiger partial charge in [-0.25, -0.2) is 0 Å². The topological polar surface area (TPSA) is 45.2 Å². The average molecular weight is 299 g/mol. The maximum absolute atomic E-state index is 9.35. The summed E-state index contributed by atoms with van der Waals surface area (Å²) < 4.78 is 0. The van der Waals surface area contributed by atoms with E-state index in [1.807, 2.05) is 36.4 Å². The number of hydrogen-bond acceptors (Lipinski definition) is 3. The van der Waals surface area contributed by atoms with Crippen molar-refractivity contribution in [1.29, 1.82) is 0 Å². The Morgan fingerprint density at radius 3 is 2.62 bits per heavy atom. The van der Waals surface area contributed by atoms with E-state index in [0.717, 1.165) is 22.2 Å². The van der Waals surface area contributed by atoms with Crippen LogP contribution in [0.15, 0.2) is 54.7 Å². The minimum atomic E-state index is 0.0944. The Kier molecular flexibility index (Phi) is 3.67. The molecule has 0 aliphatic rings. The van der Waals surface area contributed by atoms with Gasteiger partial charge in [-0.15, -0.1) is 0 Å². The summed E-state index contributed by atoms with van der Waals surface area (Å²) in [5, 5.41) is 14.4. The van der Waals surface area contributed by atoms with E-state index in [2.05, 4.69) is 17.2 Å². The molecule has 0 saturated carbocycles. The van der Waals surface area contributed by atoms with Crippen LogP contribution in [0.4, 0.5) is 5.69 Å². The molecule has 4 heteroatoms. The van der Waals surface area contributed by atoms with E-state index in [4.69, 9.17) is 11.6 Å². The molecule has 3 aromatic rings. The molecule has 3 rings (SSSR count). The summed E-state index contributed by atoms with van der Waals surface area (Å²) in [6.45, 7) is 2.07. The summed E-state index contributed by atoms with van der Waals surface area (Å²) in [5.74, 6) is 0.268. The number of pyridine rings is 1. The fourth-order valence-electron chi connectivity index (χ4n) is 2.33. The van der Waals surface area contributed by atoms with Crippen LogP contribution in [-0.2, 0) is 0 Å². The van der Waals surface area contributed by atoms with Crippen molar-refractivity contribution >= 4 is 28.2 Å². The molecule has 0 aliphatic heterocycles. The fraction of sp³-hybridized carbons (Fsp3) is 0.118. The van der Waals surface area contributed by atoms with Gasteiger partial charge < -0.3 is 10.4 Å². The molecule has 2 N–H and O–H groups in total. The molecule has 2 aromatic carbocycles. The zero-order valence-corrected chi connectivity index (χ0v) is 12.3. The number of phenols is 1. The molecule has 0 radical (unpaired) electrons. The first-order valence-electron chi connectivity index (χ1n) is 6.74. The molecule has 0 spiro atoms. The van der Waals surface area contributed by atoms with Crippen molar-refractivity contribution in [1.82, 2.24) is 4.98 Å². The van der Waals surface area contributed by atoms with Gasteiger partial charge in [0.25, 0.3) is 0 Å². The smallest absolute Gasteiger partial charge is 0.115 e. The number of anilines is 1. The van der Waals surface area contributed by atoms with Crippen LogP contribution >= 0.6 is 11.6 Å². The van der Waals surface area contributed by atoms with Crippen LogP contribution in [0.5, 0.6) is 5.75 Å². The van der Waals surface area contributed by atoms with Gasteiger partial charge in [-0.1, -0.05) is 23.7 Å². The Balaban J connectivity index is 1.95. The van der Waals surface area contributed by atoms with Crippen LogP contribution < -0.4 is 5.32 Å². The average Bonchev–Trinajstić information content (AvgIpc) is 2.51. The Hall–Kier alpha value is -2.26. The van der Waals surface area contributed by atoms with E-state index in [-0.39, 0.29) is 11.8 Å². The van der Waals surface area contributed by atoms with Crippen molar-refractivity contribution in [3.63, 3.8) is 0 Å². The third-order valence-electron chi connectivity index (χ3n) is 3.48. The van der Waals surface area contributed by atoms with E-state index in [9.17, 15) is 5.11 Å². The first-order valence-corrected chi connectivity index (χ1v) is 7.11. The third-order valence-corrected chi connectivity index (χ3v) is 3.81. The molecule has 3 nitrogen and oxygen atoms in total. The lowest BCUT2D eigenvalue weighted by molar-refractivity contribution is 0.475. The highest BCUT2D eigenvalue weighted by Gasteiger charge is 2.10. The Bertz CT molecular complexity index is 771. The van der Waals surface area contributed by atoms with Gasteiger partial charge in [0.05, 0.1) is 16.2 Å². The van der Waals surface area contributed by atoms with Crippen molar-refractivity contribution < 1.29 is 5.11 Å².